The molecule has 0 spiro atoms. The lowest BCUT2D eigenvalue weighted by molar-refractivity contribution is -0.116. The Kier molecular flexibility index (Phi) is 5.19. The van der Waals surface area contributed by atoms with Gasteiger partial charge >= 0.3 is 0 Å². The fourth-order valence-electron chi connectivity index (χ4n) is 2.98. The number of rotatable bonds is 7. The van der Waals surface area contributed by atoms with Crippen LogP contribution in [0.5, 0.6) is 0 Å². The van der Waals surface area contributed by atoms with E-state index in [0.717, 1.165) is 17.0 Å². The number of aryl methyl sites for hydroxylation is 3. The highest BCUT2D eigenvalue weighted by Gasteiger charge is 2.14. The van der Waals surface area contributed by atoms with Crippen LogP contribution in [0.15, 0.2) is 53.1 Å². The number of benzene rings is 1. The van der Waals surface area contributed by atoms with E-state index in [1.165, 1.54) is 0 Å². The van der Waals surface area contributed by atoms with Gasteiger partial charge in [-0.15, -0.1) is 10.2 Å². The Morgan fingerprint density at radius 3 is 2.72 bits per heavy atom. The molecular formula is C20H21N7O2. The van der Waals surface area contributed by atoms with Crippen molar-refractivity contribution in [3.05, 3.63) is 65.8 Å². The van der Waals surface area contributed by atoms with Crippen LogP contribution < -0.4 is 5.32 Å². The molecule has 0 saturated carbocycles. The van der Waals surface area contributed by atoms with E-state index in [-0.39, 0.29) is 12.3 Å². The topological polar surface area (TPSA) is 104 Å². The quantitative estimate of drug-likeness (QED) is 0.519. The van der Waals surface area contributed by atoms with Crippen LogP contribution in [0.2, 0.25) is 0 Å². The summed E-state index contributed by atoms with van der Waals surface area (Å²) in [6, 6.07) is 13.7. The van der Waals surface area contributed by atoms with Gasteiger partial charge in [0.15, 0.2) is 5.82 Å². The smallest absolute Gasteiger partial charge is 0.265 e. The Bertz CT molecular complexity index is 1110. The molecule has 3 aromatic heterocycles. The highest BCUT2D eigenvalue weighted by atomic mass is 16.4. The summed E-state index contributed by atoms with van der Waals surface area (Å²) in [6.07, 6.45) is 2.40. The summed E-state index contributed by atoms with van der Waals surface area (Å²) < 4.78 is 9.12. The number of hydrogen-bond donors (Lipinski definition) is 1. The molecule has 9 nitrogen and oxygen atoms in total. The fraction of sp³-hybridized carbons (Fsp3) is 0.250. The van der Waals surface area contributed by atoms with Crippen LogP contribution in [0.3, 0.4) is 0 Å². The SMILES string of the molecule is Cc1cc(-c2nnc(CCC(=O)Nc3ccn(Cc4ccccc4)n3)o2)n(C)n1. The van der Waals surface area contributed by atoms with Crippen LogP contribution in [0, 0.1) is 6.92 Å². The van der Waals surface area contributed by atoms with E-state index in [0.29, 0.717) is 30.6 Å². The molecule has 0 fully saturated rings. The summed E-state index contributed by atoms with van der Waals surface area (Å²) in [4.78, 5) is 12.2. The second-order valence-electron chi connectivity index (χ2n) is 6.73. The van der Waals surface area contributed by atoms with Gasteiger partial charge in [-0.1, -0.05) is 30.3 Å². The van der Waals surface area contributed by atoms with Gasteiger partial charge < -0.3 is 9.73 Å². The summed E-state index contributed by atoms with van der Waals surface area (Å²) in [5.41, 5.74) is 2.76. The Morgan fingerprint density at radius 2 is 1.97 bits per heavy atom. The molecule has 1 N–H and O–H groups in total. The minimum atomic E-state index is -0.161. The first-order chi connectivity index (χ1) is 14.1. The molecule has 0 atom stereocenters. The van der Waals surface area contributed by atoms with Crippen LogP contribution in [0.25, 0.3) is 11.6 Å². The van der Waals surface area contributed by atoms with E-state index >= 15 is 0 Å². The molecule has 0 radical (unpaired) electrons. The molecule has 4 aromatic rings. The molecule has 0 aliphatic rings. The van der Waals surface area contributed by atoms with Crippen LogP contribution in [0.1, 0.15) is 23.6 Å². The normalized spacial score (nSPS) is 11.0. The maximum absolute atomic E-state index is 12.2. The monoisotopic (exact) mass is 391 g/mol. The third-order valence-electron chi connectivity index (χ3n) is 4.35. The zero-order chi connectivity index (χ0) is 20.2. The van der Waals surface area contributed by atoms with Crippen molar-refractivity contribution >= 4 is 11.7 Å². The lowest BCUT2D eigenvalue weighted by Gasteiger charge is -2.02. The van der Waals surface area contributed by atoms with E-state index in [2.05, 4.69) is 25.7 Å². The van der Waals surface area contributed by atoms with Crippen LogP contribution in [-0.2, 0) is 24.8 Å². The maximum Gasteiger partial charge on any atom is 0.265 e. The van der Waals surface area contributed by atoms with Crippen molar-refractivity contribution in [2.75, 3.05) is 5.32 Å². The van der Waals surface area contributed by atoms with Crippen LogP contribution >= 0.6 is 0 Å². The number of carbonyl (C=O) groups excluding carboxylic acids is 1. The first kappa shape index (κ1) is 18.6. The lowest BCUT2D eigenvalue weighted by atomic mass is 10.2. The third-order valence-corrected chi connectivity index (χ3v) is 4.35. The number of anilines is 1. The fourth-order valence-corrected chi connectivity index (χ4v) is 2.98. The molecule has 3 heterocycles. The zero-order valence-corrected chi connectivity index (χ0v) is 16.2. The molecular weight excluding hydrogens is 370 g/mol. The van der Waals surface area contributed by atoms with Gasteiger partial charge in [0.05, 0.1) is 12.2 Å². The number of aromatic nitrogens is 6. The van der Waals surface area contributed by atoms with Gasteiger partial charge in [-0.2, -0.15) is 10.2 Å². The molecule has 1 aromatic carbocycles. The van der Waals surface area contributed by atoms with Crippen molar-refractivity contribution < 1.29 is 9.21 Å². The summed E-state index contributed by atoms with van der Waals surface area (Å²) in [6.45, 7) is 2.54. The van der Waals surface area contributed by atoms with Crippen molar-refractivity contribution in [2.45, 2.75) is 26.3 Å². The van der Waals surface area contributed by atoms with Gasteiger partial charge in [0, 0.05) is 32.2 Å². The van der Waals surface area contributed by atoms with Gasteiger partial charge in [0.25, 0.3) is 5.89 Å². The van der Waals surface area contributed by atoms with Crippen LogP contribution in [-0.4, -0.2) is 35.7 Å². The van der Waals surface area contributed by atoms with E-state index in [1.54, 1.807) is 15.4 Å². The Labute approximate surface area is 167 Å². The van der Waals surface area contributed by atoms with Crippen LogP contribution in [0.4, 0.5) is 5.82 Å². The van der Waals surface area contributed by atoms with Crippen molar-refractivity contribution in [3.8, 4) is 11.6 Å². The van der Waals surface area contributed by atoms with Gasteiger partial charge in [0.1, 0.15) is 5.69 Å². The number of carbonyl (C=O) groups is 1. The predicted octanol–water partition coefficient (Wildman–Crippen LogP) is 2.59. The molecule has 0 aliphatic heterocycles. The molecule has 4 rings (SSSR count). The summed E-state index contributed by atoms with van der Waals surface area (Å²) in [5, 5.41) is 19.5. The molecule has 0 saturated heterocycles. The second kappa shape index (κ2) is 8.09. The van der Waals surface area contributed by atoms with Gasteiger partial charge in [-0.3, -0.25) is 14.2 Å². The minimum Gasteiger partial charge on any atom is -0.419 e. The first-order valence-electron chi connectivity index (χ1n) is 9.27. The lowest BCUT2D eigenvalue weighted by Crippen LogP contribution is -2.13. The summed E-state index contributed by atoms with van der Waals surface area (Å²) in [7, 11) is 1.82. The average molecular weight is 391 g/mol. The van der Waals surface area contributed by atoms with E-state index in [1.807, 2.05) is 56.6 Å². The number of hydrogen-bond acceptors (Lipinski definition) is 6. The van der Waals surface area contributed by atoms with E-state index in [4.69, 9.17) is 4.42 Å². The second-order valence-corrected chi connectivity index (χ2v) is 6.73. The first-order valence-corrected chi connectivity index (χ1v) is 9.27. The highest BCUT2D eigenvalue weighted by Crippen LogP contribution is 2.18. The van der Waals surface area contributed by atoms with Crippen molar-refractivity contribution in [1.82, 2.24) is 29.8 Å². The average Bonchev–Trinajstić information content (AvgIpc) is 3.41. The van der Waals surface area contributed by atoms with Crippen molar-refractivity contribution in [1.29, 1.82) is 0 Å². The molecule has 0 aliphatic carbocycles. The Hall–Kier alpha value is -3.75. The Morgan fingerprint density at radius 1 is 1.14 bits per heavy atom. The van der Waals surface area contributed by atoms with E-state index in [9.17, 15) is 4.79 Å². The largest absolute Gasteiger partial charge is 0.419 e. The van der Waals surface area contributed by atoms with Gasteiger partial charge in [0.2, 0.25) is 11.8 Å². The van der Waals surface area contributed by atoms with Gasteiger partial charge in [-0.05, 0) is 18.6 Å². The molecule has 1 amide bonds. The summed E-state index contributed by atoms with van der Waals surface area (Å²) in [5.74, 6) is 1.15. The molecule has 29 heavy (non-hydrogen) atoms. The molecule has 9 heteroatoms. The number of nitrogens with zero attached hydrogens (tertiary/aromatic N) is 6. The van der Waals surface area contributed by atoms with Gasteiger partial charge in [-0.25, -0.2) is 0 Å². The molecule has 148 valence electrons. The number of amides is 1. The Balaban J connectivity index is 1.30. The predicted molar refractivity (Wildman–Crippen MR) is 106 cm³/mol. The zero-order valence-electron chi connectivity index (χ0n) is 16.2. The third kappa shape index (κ3) is 4.57. The maximum atomic E-state index is 12.2. The van der Waals surface area contributed by atoms with Crippen molar-refractivity contribution in [3.63, 3.8) is 0 Å². The molecule has 0 unspecified atom stereocenters. The highest BCUT2D eigenvalue weighted by molar-refractivity contribution is 5.89. The molecule has 0 bridgehead atoms. The number of nitrogens with one attached hydrogen (secondary N) is 1. The minimum absolute atomic E-state index is 0.161. The standard InChI is InChI=1S/C20H21N7O2/c1-14-12-16(26(2)24-14)20-23-22-19(29-20)9-8-18(28)21-17-10-11-27(25-17)13-15-6-4-3-5-7-15/h3-7,10-12H,8-9,13H2,1-2H3,(H,21,25,28). The van der Waals surface area contributed by atoms with E-state index < -0.39 is 0 Å². The van der Waals surface area contributed by atoms with Crippen molar-refractivity contribution in [2.24, 2.45) is 7.05 Å². The summed E-state index contributed by atoms with van der Waals surface area (Å²) >= 11 is 0.